The number of nitrogens with one attached hydrogen (secondary N) is 2. The van der Waals surface area contributed by atoms with E-state index >= 15 is 0 Å². The highest BCUT2D eigenvalue weighted by Crippen LogP contribution is 2.21. The molecule has 2 aromatic rings. The van der Waals surface area contributed by atoms with Gasteiger partial charge in [-0.15, -0.1) is 0 Å². The Balaban J connectivity index is 1.63. The minimum absolute atomic E-state index is 0.143. The van der Waals surface area contributed by atoms with Crippen molar-refractivity contribution < 1.29 is 5.11 Å². The molecule has 3 N–H and O–H groups in total. The quantitative estimate of drug-likeness (QED) is 0.805. The standard InChI is InChI=1S/C16H20N4O/c21-14-8-6-13(7-9-14)19-16-17-11-10-15(20-16)18-12-4-2-1-3-5-12/h1-5,10-11,13-14,21H,6-9H2,(H2,17,18,19,20). The third kappa shape index (κ3) is 3.92. The van der Waals surface area contributed by atoms with E-state index in [4.69, 9.17) is 0 Å². The molecule has 1 aliphatic carbocycles. The molecule has 0 spiro atoms. The van der Waals surface area contributed by atoms with Gasteiger partial charge in [0.15, 0.2) is 0 Å². The average Bonchev–Trinajstić information content (AvgIpc) is 2.51. The molecular weight excluding hydrogens is 264 g/mol. The first-order chi connectivity index (χ1) is 10.3. The molecule has 1 aliphatic rings. The van der Waals surface area contributed by atoms with E-state index in [1.165, 1.54) is 0 Å². The predicted molar refractivity (Wildman–Crippen MR) is 83.6 cm³/mol. The number of benzene rings is 1. The Morgan fingerprint density at radius 1 is 1.00 bits per heavy atom. The van der Waals surface area contributed by atoms with Crippen LogP contribution < -0.4 is 10.6 Å². The van der Waals surface area contributed by atoms with Gasteiger partial charge in [-0.2, -0.15) is 4.98 Å². The highest BCUT2D eigenvalue weighted by atomic mass is 16.3. The number of rotatable bonds is 4. The maximum Gasteiger partial charge on any atom is 0.224 e. The van der Waals surface area contributed by atoms with Gasteiger partial charge >= 0.3 is 0 Å². The molecule has 1 saturated carbocycles. The summed E-state index contributed by atoms with van der Waals surface area (Å²) in [6.45, 7) is 0. The Morgan fingerprint density at radius 3 is 2.52 bits per heavy atom. The Labute approximate surface area is 124 Å². The number of hydrogen-bond acceptors (Lipinski definition) is 5. The van der Waals surface area contributed by atoms with Crippen molar-refractivity contribution in [2.45, 2.75) is 37.8 Å². The molecule has 1 heterocycles. The van der Waals surface area contributed by atoms with Crippen molar-refractivity contribution in [1.82, 2.24) is 9.97 Å². The molecule has 1 aromatic heterocycles. The van der Waals surface area contributed by atoms with Gasteiger partial charge in [0.05, 0.1) is 6.10 Å². The molecule has 0 amide bonds. The number of anilines is 3. The molecule has 0 aliphatic heterocycles. The third-order valence-corrected chi connectivity index (χ3v) is 3.73. The fourth-order valence-electron chi connectivity index (χ4n) is 2.57. The summed E-state index contributed by atoms with van der Waals surface area (Å²) in [5, 5.41) is 16.1. The molecule has 0 saturated heterocycles. The molecular formula is C16H20N4O. The summed E-state index contributed by atoms with van der Waals surface area (Å²) in [4.78, 5) is 8.75. The van der Waals surface area contributed by atoms with Crippen LogP contribution in [0.3, 0.4) is 0 Å². The van der Waals surface area contributed by atoms with Crippen molar-refractivity contribution in [3.8, 4) is 0 Å². The molecule has 21 heavy (non-hydrogen) atoms. The van der Waals surface area contributed by atoms with Crippen molar-refractivity contribution in [2.75, 3.05) is 10.6 Å². The zero-order chi connectivity index (χ0) is 14.5. The molecule has 0 bridgehead atoms. The van der Waals surface area contributed by atoms with E-state index in [1.807, 2.05) is 36.4 Å². The van der Waals surface area contributed by atoms with Crippen LogP contribution >= 0.6 is 0 Å². The lowest BCUT2D eigenvalue weighted by Gasteiger charge is -2.26. The number of hydrogen-bond donors (Lipinski definition) is 3. The first-order valence-electron chi connectivity index (χ1n) is 7.39. The molecule has 0 atom stereocenters. The number of aromatic nitrogens is 2. The second-order valence-corrected chi connectivity index (χ2v) is 5.41. The summed E-state index contributed by atoms with van der Waals surface area (Å²) in [6.07, 6.45) is 5.22. The van der Waals surface area contributed by atoms with Crippen LogP contribution in [0.5, 0.6) is 0 Å². The molecule has 0 radical (unpaired) electrons. The highest BCUT2D eigenvalue weighted by molar-refractivity contribution is 5.56. The number of para-hydroxylation sites is 1. The second kappa shape index (κ2) is 6.54. The van der Waals surface area contributed by atoms with Crippen LogP contribution in [0.1, 0.15) is 25.7 Å². The third-order valence-electron chi connectivity index (χ3n) is 3.73. The van der Waals surface area contributed by atoms with Gasteiger partial charge < -0.3 is 15.7 Å². The van der Waals surface area contributed by atoms with Crippen LogP contribution in [-0.2, 0) is 0 Å². The van der Waals surface area contributed by atoms with Gasteiger partial charge in [0.1, 0.15) is 5.82 Å². The molecule has 110 valence electrons. The first kappa shape index (κ1) is 13.8. The molecule has 1 fully saturated rings. The van der Waals surface area contributed by atoms with E-state index < -0.39 is 0 Å². The van der Waals surface area contributed by atoms with Crippen LogP contribution in [0.25, 0.3) is 0 Å². The van der Waals surface area contributed by atoms with Crippen LogP contribution in [0.2, 0.25) is 0 Å². The second-order valence-electron chi connectivity index (χ2n) is 5.41. The molecule has 0 unspecified atom stereocenters. The lowest BCUT2D eigenvalue weighted by atomic mass is 9.93. The van der Waals surface area contributed by atoms with Crippen LogP contribution in [0.4, 0.5) is 17.5 Å². The normalized spacial score (nSPS) is 21.8. The van der Waals surface area contributed by atoms with Gasteiger partial charge in [-0.3, -0.25) is 0 Å². The summed E-state index contributed by atoms with van der Waals surface area (Å²) >= 11 is 0. The number of nitrogens with zero attached hydrogens (tertiary/aromatic N) is 2. The topological polar surface area (TPSA) is 70.1 Å². The van der Waals surface area contributed by atoms with Crippen molar-refractivity contribution in [1.29, 1.82) is 0 Å². The van der Waals surface area contributed by atoms with Crippen molar-refractivity contribution in [3.05, 3.63) is 42.6 Å². The largest absolute Gasteiger partial charge is 0.393 e. The van der Waals surface area contributed by atoms with Gasteiger partial charge in [-0.25, -0.2) is 4.98 Å². The Kier molecular flexibility index (Phi) is 4.31. The lowest BCUT2D eigenvalue weighted by Crippen LogP contribution is -2.28. The Hall–Kier alpha value is -2.14. The summed E-state index contributed by atoms with van der Waals surface area (Å²) in [6, 6.07) is 12.1. The minimum Gasteiger partial charge on any atom is -0.393 e. The van der Waals surface area contributed by atoms with E-state index in [0.717, 1.165) is 37.2 Å². The maximum absolute atomic E-state index is 9.53. The average molecular weight is 284 g/mol. The van der Waals surface area contributed by atoms with Crippen LogP contribution in [0.15, 0.2) is 42.6 Å². The maximum atomic E-state index is 9.53. The van der Waals surface area contributed by atoms with Gasteiger partial charge in [0, 0.05) is 17.9 Å². The van der Waals surface area contributed by atoms with E-state index in [2.05, 4.69) is 20.6 Å². The molecule has 5 nitrogen and oxygen atoms in total. The minimum atomic E-state index is -0.143. The van der Waals surface area contributed by atoms with E-state index in [1.54, 1.807) is 6.20 Å². The van der Waals surface area contributed by atoms with E-state index in [9.17, 15) is 5.11 Å². The van der Waals surface area contributed by atoms with E-state index in [-0.39, 0.29) is 6.10 Å². The zero-order valence-corrected chi connectivity index (χ0v) is 11.9. The van der Waals surface area contributed by atoms with Gasteiger partial charge in [-0.1, -0.05) is 18.2 Å². The smallest absolute Gasteiger partial charge is 0.224 e. The molecule has 5 heteroatoms. The van der Waals surface area contributed by atoms with Crippen LogP contribution in [-0.4, -0.2) is 27.2 Å². The SMILES string of the molecule is OC1CCC(Nc2nccc(Nc3ccccc3)n2)CC1. The number of aliphatic hydroxyl groups excluding tert-OH is 1. The van der Waals surface area contributed by atoms with Crippen molar-refractivity contribution in [2.24, 2.45) is 0 Å². The van der Waals surface area contributed by atoms with Crippen molar-refractivity contribution in [3.63, 3.8) is 0 Å². The molecule has 1 aromatic carbocycles. The zero-order valence-electron chi connectivity index (χ0n) is 11.9. The van der Waals surface area contributed by atoms with E-state index in [0.29, 0.717) is 12.0 Å². The summed E-state index contributed by atoms with van der Waals surface area (Å²) in [7, 11) is 0. The fraction of sp³-hybridized carbons (Fsp3) is 0.375. The van der Waals surface area contributed by atoms with Gasteiger partial charge in [0.25, 0.3) is 0 Å². The Bertz CT molecular complexity index is 567. The monoisotopic (exact) mass is 284 g/mol. The van der Waals surface area contributed by atoms with Crippen LogP contribution in [0, 0.1) is 0 Å². The lowest BCUT2D eigenvalue weighted by molar-refractivity contribution is 0.126. The first-order valence-corrected chi connectivity index (χ1v) is 7.39. The van der Waals surface area contributed by atoms with Gasteiger partial charge in [0.2, 0.25) is 5.95 Å². The summed E-state index contributed by atoms with van der Waals surface area (Å²) in [5.41, 5.74) is 1.00. The highest BCUT2D eigenvalue weighted by Gasteiger charge is 2.19. The Morgan fingerprint density at radius 2 is 1.76 bits per heavy atom. The predicted octanol–water partition coefficient (Wildman–Crippen LogP) is 2.94. The van der Waals surface area contributed by atoms with Crippen molar-refractivity contribution >= 4 is 17.5 Å². The number of aliphatic hydroxyl groups is 1. The van der Waals surface area contributed by atoms with Gasteiger partial charge in [-0.05, 0) is 43.9 Å². The summed E-state index contributed by atoms with van der Waals surface area (Å²) in [5.74, 6) is 1.41. The molecule has 3 rings (SSSR count). The summed E-state index contributed by atoms with van der Waals surface area (Å²) < 4.78 is 0. The fourth-order valence-corrected chi connectivity index (χ4v) is 2.57.